The molecule has 1 unspecified atom stereocenters. The van der Waals surface area contributed by atoms with E-state index in [-0.39, 0.29) is 11.3 Å². The minimum absolute atomic E-state index is 0.00409. The van der Waals surface area contributed by atoms with Gasteiger partial charge in [0.05, 0.1) is 11.6 Å². The van der Waals surface area contributed by atoms with Crippen molar-refractivity contribution in [1.82, 2.24) is 9.80 Å². The number of rotatable bonds is 2. The largest absolute Gasteiger partial charge is 0.364 e. The van der Waals surface area contributed by atoms with E-state index in [1.807, 2.05) is 0 Å². The summed E-state index contributed by atoms with van der Waals surface area (Å²) in [5, 5.41) is 8.78. The second-order valence-electron chi connectivity index (χ2n) is 6.48. The zero-order valence-electron chi connectivity index (χ0n) is 13.4. The fourth-order valence-corrected chi connectivity index (χ4v) is 3.68. The minimum Gasteiger partial charge on any atom is -0.364 e. The number of anilines is 1. The lowest BCUT2D eigenvalue weighted by molar-refractivity contribution is 0.106. The average molecular weight is 320 g/mol. The standard InChI is InChI=1S/C17H22F2N4/c1-21-4-2-3-14(12-21)22-5-7-23(8-6-22)17-15(18)9-13(11-20)10-16(17)19/h9-10,14H,2-8,12H2,1H3. The van der Waals surface area contributed by atoms with Gasteiger partial charge in [0.25, 0.3) is 0 Å². The molecule has 2 heterocycles. The van der Waals surface area contributed by atoms with Crippen molar-refractivity contribution in [3.8, 4) is 6.07 Å². The van der Waals surface area contributed by atoms with Gasteiger partial charge in [-0.25, -0.2) is 8.78 Å². The predicted octanol–water partition coefficient (Wildman–Crippen LogP) is 2.05. The first-order valence-electron chi connectivity index (χ1n) is 8.15. The molecule has 1 aromatic carbocycles. The van der Waals surface area contributed by atoms with Crippen LogP contribution in [0, 0.1) is 23.0 Å². The number of nitriles is 1. The Labute approximate surface area is 135 Å². The number of hydrogen-bond acceptors (Lipinski definition) is 4. The molecule has 0 bridgehead atoms. The molecular weight excluding hydrogens is 298 g/mol. The van der Waals surface area contributed by atoms with Gasteiger partial charge in [-0.1, -0.05) is 0 Å². The van der Waals surface area contributed by atoms with Gasteiger partial charge in [-0.05, 0) is 38.6 Å². The molecule has 0 saturated carbocycles. The molecule has 0 amide bonds. The first-order valence-corrected chi connectivity index (χ1v) is 8.15. The van der Waals surface area contributed by atoms with E-state index in [2.05, 4.69) is 16.8 Å². The Morgan fingerprint density at radius 2 is 1.74 bits per heavy atom. The van der Waals surface area contributed by atoms with Gasteiger partial charge in [0, 0.05) is 38.8 Å². The first kappa shape index (κ1) is 16.2. The molecule has 23 heavy (non-hydrogen) atoms. The van der Waals surface area contributed by atoms with Crippen molar-refractivity contribution in [3.05, 3.63) is 29.3 Å². The van der Waals surface area contributed by atoms with E-state index in [0.29, 0.717) is 19.1 Å². The number of piperidine rings is 1. The van der Waals surface area contributed by atoms with E-state index in [1.165, 1.54) is 12.8 Å². The quantitative estimate of drug-likeness (QED) is 0.835. The summed E-state index contributed by atoms with van der Waals surface area (Å²) >= 11 is 0. The summed E-state index contributed by atoms with van der Waals surface area (Å²) in [6.07, 6.45) is 2.41. The number of likely N-dealkylation sites (N-methyl/N-ethyl adjacent to an activating group) is 1. The maximum Gasteiger partial charge on any atom is 0.150 e. The molecule has 6 heteroatoms. The molecular formula is C17H22F2N4. The molecule has 124 valence electrons. The zero-order valence-corrected chi connectivity index (χ0v) is 13.4. The fourth-order valence-electron chi connectivity index (χ4n) is 3.68. The molecule has 2 saturated heterocycles. The average Bonchev–Trinajstić information content (AvgIpc) is 2.54. The maximum atomic E-state index is 14.1. The van der Waals surface area contributed by atoms with Crippen molar-refractivity contribution < 1.29 is 8.78 Å². The molecule has 1 atom stereocenters. The van der Waals surface area contributed by atoms with E-state index < -0.39 is 11.6 Å². The van der Waals surface area contributed by atoms with E-state index in [4.69, 9.17) is 5.26 Å². The third-order valence-corrected chi connectivity index (χ3v) is 4.89. The van der Waals surface area contributed by atoms with Crippen molar-refractivity contribution in [1.29, 1.82) is 5.26 Å². The molecule has 0 N–H and O–H groups in total. The van der Waals surface area contributed by atoms with Crippen LogP contribution in [0.4, 0.5) is 14.5 Å². The summed E-state index contributed by atoms with van der Waals surface area (Å²) in [7, 11) is 2.14. The number of nitrogens with zero attached hydrogens (tertiary/aromatic N) is 4. The summed E-state index contributed by atoms with van der Waals surface area (Å²) in [6.45, 7) is 5.08. The van der Waals surface area contributed by atoms with Crippen LogP contribution in [0.15, 0.2) is 12.1 Å². The lowest BCUT2D eigenvalue weighted by Gasteiger charge is -2.43. The first-order chi connectivity index (χ1) is 11.1. The zero-order chi connectivity index (χ0) is 16.4. The smallest absolute Gasteiger partial charge is 0.150 e. The Balaban J connectivity index is 1.66. The molecule has 2 fully saturated rings. The molecule has 0 spiro atoms. The molecule has 0 aromatic heterocycles. The third kappa shape index (κ3) is 3.46. The second-order valence-corrected chi connectivity index (χ2v) is 6.48. The molecule has 0 aliphatic carbocycles. The second kappa shape index (κ2) is 6.81. The van der Waals surface area contributed by atoms with Crippen LogP contribution in [0.2, 0.25) is 0 Å². The van der Waals surface area contributed by atoms with Gasteiger partial charge >= 0.3 is 0 Å². The van der Waals surface area contributed by atoms with Crippen LogP contribution < -0.4 is 4.90 Å². The van der Waals surface area contributed by atoms with Crippen LogP contribution in [0.5, 0.6) is 0 Å². The number of benzene rings is 1. The summed E-state index contributed by atoms with van der Waals surface area (Å²) in [4.78, 5) is 6.54. The fraction of sp³-hybridized carbons (Fsp3) is 0.588. The van der Waals surface area contributed by atoms with Crippen LogP contribution in [0.3, 0.4) is 0 Å². The maximum absolute atomic E-state index is 14.1. The van der Waals surface area contributed by atoms with Gasteiger partial charge in [0.15, 0.2) is 11.6 Å². The van der Waals surface area contributed by atoms with Crippen LogP contribution >= 0.6 is 0 Å². The number of hydrogen-bond donors (Lipinski definition) is 0. The monoisotopic (exact) mass is 320 g/mol. The molecule has 0 radical (unpaired) electrons. The van der Waals surface area contributed by atoms with Crippen molar-refractivity contribution in [2.45, 2.75) is 18.9 Å². The van der Waals surface area contributed by atoms with Gasteiger partial charge in [0.2, 0.25) is 0 Å². The summed E-state index contributed by atoms with van der Waals surface area (Å²) in [6, 6.07) is 4.55. The predicted molar refractivity (Wildman–Crippen MR) is 85.4 cm³/mol. The summed E-state index contributed by atoms with van der Waals surface area (Å²) in [5.41, 5.74) is 0.0250. The van der Waals surface area contributed by atoms with Gasteiger partial charge in [-0.2, -0.15) is 5.26 Å². The highest BCUT2D eigenvalue weighted by molar-refractivity contribution is 5.53. The van der Waals surface area contributed by atoms with E-state index in [0.717, 1.165) is 38.3 Å². The van der Waals surface area contributed by atoms with Crippen LogP contribution in [-0.2, 0) is 0 Å². The minimum atomic E-state index is -0.646. The Kier molecular flexibility index (Phi) is 4.79. The molecule has 4 nitrogen and oxygen atoms in total. The molecule has 2 aliphatic rings. The highest BCUT2D eigenvalue weighted by Crippen LogP contribution is 2.27. The SMILES string of the molecule is CN1CCCC(N2CCN(c3c(F)cc(C#N)cc3F)CC2)C1. The van der Waals surface area contributed by atoms with E-state index in [1.54, 1.807) is 11.0 Å². The normalized spacial score (nSPS) is 23.7. The van der Waals surface area contributed by atoms with Gasteiger partial charge in [0.1, 0.15) is 5.69 Å². The van der Waals surface area contributed by atoms with Crippen LogP contribution in [0.1, 0.15) is 18.4 Å². The van der Waals surface area contributed by atoms with Crippen LogP contribution in [0.25, 0.3) is 0 Å². The highest BCUT2D eigenvalue weighted by atomic mass is 19.1. The van der Waals surface area contributed by atoms with Crippen molar-refractivity contribution in [2.75, 3.05) is 51.2 Å². The molecule has 3 rings (SSSR count). The van der Waals surface area contributed by atoms with Crippen molar-refractivity contribution in [2.24, 2.45) is 0 Å². The van der Waals surface area contributed by atoms with Gasteiger partial charge in [-0.3, -0.25) is 4.90 Å². The van der Waals surface area contributed by atoms with E-state index in [9.17, 15) is 8.78 Å². The molecule has 1 aromatic rings. The van der Waals surface area contributed by atoms with Gasteiger partial charge in [-0.15, -0.1) is 0 Å². The lowest BCUT2D eigenvalue weighted by Crippen LogP contribution is -2.54. The number of piperazine rings is 1. The Bertz CT molecular complexity index is 582. The van der Waals surface area contributed by atoms with Gasteiger partial charge < -0.3 is 9.80 Å². The highest BCUT2D eigenvalue weighted by Gasteiger charge is 2.28. The van der Waals surface area contributed by atoms with Crippen molar-refractivity contribution in [3.63, 3.8) is 0 Å². The molecule has 2 aliphatic heterocycles. The third-order valence-electron chi connectivity index (χ3n) is 4.89. The number of likely N-dealkylation sites (tertiary alicyclic amines) is 1. The lowest BCUT2D eigenvalue weighted by atomic mass is 10.0. The van der Waals surface area contributed by atoms with Crippen molar-refractivity contribution >= 4 is 5.69 Å². The topological polar surface area (TPSA) is 33.5 Å². The Morgan fingerprint density at radius 1 is 1.09 bits per heavy atom. The summed E-state index contributed by atoms with van der Waals surface area (Å²) in [5.74, 6) is -1.29. The Morgan fingerprint density at radius 3 is 2.30 bits per heavy atom. The summed E-state index contributed by atoms with van der Waals surface area (Å²) < 4.78 is 28.3. The van der Waals surface area contributed by atoms with Crippen LogP contribution in [-0.4, -0.2) is 62.2 Å². The number of halogens is 2. The Hall–Kier alpha value is -1.71. The van der Waals surface area contributed by atoms with E-state index >= 15 is 0 Å².